The van der Waals surface area contributed by atoms with Crippen molar-refractivity contribution in [2.75, 3.05) is 38.0 Å². The predicted octanol–water partition coefficient (Wildman–Crippen LogP) is 4.96. The summed E-state index contributed by atoms with van der Waals surface area (Å²) in [6, 6.07) is 5.58. The number of aryl methyl sites for hydroxylation is 3. The van der Waals surface area contributed by atoms with Crippen LogP contribution in [0.3, 0.4) is 0 Å². The molecule has 3 heterocycles. The average molecular weight is 572 g/mol. The topological polar surface area (TPSA) is 52.7 Å². The molecule has 0 saturated carbocycles. The first-order valence-corrected chi connectivity index (χ1v) is 12.8. The second kappa shape index (κ2) is 9.37. The van der Waals surface area contributed by atoms with E-state index in [1.165, 1.54) is 4.88 Å². The second-order valence-electron chi connectivity index (χ2n) is 8.66. The number of carbonyl (C=O) groups excluding carboxylic acids is 2. The minimum absolute atomic E-state index is 0.00617. The van der Waals surface area contributed by atoms with Crippen LogP contribution in [0.2, 0.25) is 5.02 Å². The van der Waals surface area contributed by atoms with Crippen LogP contribution >= 0.6 is 45.5 Å². The number of amides is 2. The van der Waals surface area contributed by atoms with E-state index in [0.29, 0.717) is 23.3 Å². The van der Waals surface area contributed by atoms with Gasteiger partial charge >= 0.3 is 0 Å². The Morgan fingerprint density at radius 2 is 1.81 bits per heavy atom. The van der Waals surface area contributed by atoms with E-state index in [-0.39, 0.29) is 11.8 Å². The lowest BCUT2D eigenvalue weighted by atomic mass is 10.0. The Morgan fingerprint density at radius 1 is 1.13 bits per heavy atom. The fourth-order valence-corrected chi connectivity index (χ4v) is 6.92. The normalized spacial score (nSPS) is 20.9. The zero-order chi connectivity index (χ0) is 22.3. The largest absolute Gasteiger partial charge is 0.338 e. The van der Waals surface area contributed by atoms with Gasteiger partial charge in [0, 0.05) is 63.2 Å². The lowest BCUT2D eigenvalue weighted by molar-refractivity contribution is -0.116. The van der Waals surface area contributed by atoms with Crippen LogP contribution in [0.1, 0.15) is 32.1 Å². The molecule has 1 N–H and O–H groups in total. The first-order valence-electron chi connectivity index (χ1n) is 10.6. The van der Waals surface area contributed by atoms with Gasteiger partial charge in [0.15, 0.2) is 0 Å². The van der Waals surface area contributed by atoms with Gasteiger partial charge in [-0.1, -0.05) is 17.7 Å². The van der Waals surface area contributed by atoms with Crippen molar-refractivity contribution in [3.05, 3.63) is 47.7 Å². The van der Waals surface area contributed by atoms with Crippen molar-refractivity contribution in [3.8, 4) is 0 Å². The van der Waals surface area contributed by atoms with Gasteiger partial charge in [0.2, 0.25) is 5.91 Å². The van der Waals surface area contributed by atoms with Crippen LogP contribution in [0.25, 0.3) is 0 Å². The van der Waals surface area contributed by atoms with Crippen molar-refractivity contribution in [1.29, 1.82) is 0 Å². The van der Waals surface area contributed by atoms with E-state index < -0.39 is 0 Å². The number of hydrogen-bond donors (Lipinski definition) is 1. The van der Waals surface area contributed by atoms with E-state index in [4.69, 9.17) is 11.6 Å². The van der Waals surface area contributed by atoms with Gasteiger partial charge in [0.25, 0.3) is 5.91 Å². The van der Waals surface area contributed by atoms with Crippen molar-refractivity contribution in [2.45, 2.75) is 27.2 Å². The van der Waals surface area contributed by atoms with Gasteiger partial charge in [0.1, 0.15) is 0 Å². The molecule has 2 fully saturated rings. The van der Waals surface area contributed by atoms with Gasteiger partial charge < -0.3 is 15.1 Å². The number of benzene rings is 1. The van der Waals surface area contributed by atoms with Crippen molar-refractivity contribution in [1.82, 2.24) is 9.80 Å². The summed E-state index contributed by atoms with van der Waals surface area (Å²) in [5, 5.41) is 3.59. The highest BCUT2D eigenvalue weighted by atomic mass is 127. The van der Waals surface area contributed by atoms with Crippen LogP contribution in [0.5, 0.6) is 0 Å². The fraction of sp³-hybridized carbons (Fsp3) is 0.478. The molecule has 4 rings (SSSR count). The monoisotopic (exact) mass is 571 g/mol. The molecule has 1 aromatic heterocycles. The smallest absolute Gasteiger partial charge is 0.256 e. The van der Waals surface area contributed by atoms with Gasteiger partial charge in [-0.25, -0.2) is 0 Å². The minimum Gasteiger partial charge on any atom is -0.338 e. The Balaban J connectivity index is 1.26. The number of halogens is 2. The quantitative estimate of drug-likeness (QED) is 0.516. The number of thiophene rings is 1. The maximum Gasteiger partial charge on any atom is 0.256 e. The number of nitrogens with zero attached hydrogens (tertiary/aromatic N) is 2. The standard InChI is InChI=1S/C23H27ClIN3O2S/c1-13-4-5-18(8-19(13)24)26-20(29)6-7-27-9-16-11-28(12-17(16)10-27)23(30)21-14(2)31-15(3)22(21)25/h4-5,8,16-17H,6-7,9-12H2,1-3H3,(H,26,29). The summed E-state index contributed by atoms with van der Waals surface area (Å²) in [7, 11) is 0. The summed E-state index contributed by atoms with van der Waals surface area (Å²) in [5.41, 5.74) is 2.63. The molecule has 5 nitrogen and oxygen atoms in total. The van der Waals surface area contributed by atoms with Crippen LogP contribution in [0.4, 0.5) is 5.69 Å². The maximum absolute atomic E-state index is 13.1. The number of carbonyl (C=O) groups is 2. The highest BCUT2D eigenvalue weighted by molar-refractivity contribution is 14.1. The third kappa shape index (κ3) is 4.94. The summed E-state index contributed by atoms with van der Waals surface area (Å²) < 4.78 is 1.10. The molecule has 166 valence electrons. The molecule has 2 aromatic rings. The molecular weight excluding hydrogens is 545 g/mol. The Labute approximate surface area is 206 Å². The van der Waals surface area contributed by atoms with E-state index in [1.807, 2.05) is 30.9 Å². The number of hydrogen-bond acceptors (Lipinski definition) is 4. The first kappa shape index (κ1) is 23.0. The summed E-state index contributed by atoms with van der Waals surface area (Å²) in [6.45, 7) is 10.4. The zero-order valence-electron chi connectivity index (χ0n) is 18.0. The minimum atomic E-state index is 0.00617. The van der Waals surface area contributed by atoms with Gasteiger partial charge in [0.05, 0.1) is 5.56 Å². The molecule has 2 atom stereocenters. The zero-order valence-corrected chi connectivity index (χ0v) is 21.7. The van der Waals surface area contributed by atoms with Crippen LogP contribution in [0.15, 0.2) is 18.2 Å². The van der Waals surface area contributed by atoms with Crippen molar-refractivity contribution < 1.29 is 9.59 Å². The molecule has 0 aliphatic carbocycles. The number of rotatable bonds is 5. The molecule has 2 aliphatic heterocycles. The van der Waals surface area contributed by atoms with Gasteiger partial charge in [-0.15, -0.1) is 11.3 Å². The molecule has 0 radical (unpaired) electrons. The third-order valence-corrected chi connectivity index (χ3v) is 9.50. The molecule has 1 aromatic carbocycles. The Hall–Kier alpha value is -1.16. The second-order valence-corrected chi connectivity index (χ2v) is 11.6. The Morgan fingerprint density at radius 3 is 2.39 bits per heavy atom. The average Bonchev–Trinajstić information content (AvgIpc) is 3.34. The highest BCUT2D eigenvalue weighted by Crippen LogP contribution is 2.35. The fourth-order valence-electron chi connectivity index (χ4n) is 4.65. The van der Waals surface area contributed by atoms with Gasteiger partial charge in [-0.2, -0.15) is 0 Å². The van der Waals surface area contributed by atoms with Crippen molar-refractivity contribution >= 4 is 63.0 Å². The first-order chi connectivity index (χ1) is 14.7. The van der Waals surface area contributed by atoms with Gasteiger partial charge in [-0.3, -0.25) is 9.59 Å². The summed E-state index contributed by atoms with van der Waals surface area (Å²) in [5.74, 6) is 1.19. The van der Waals surface area contributed by atoms with Crippen LogP contribution in [-0.2, 0) is 4.79 Å². The maximum atomic E-state index is 13.1. The molecule has 2 unspecified atom stereocenters. The predicted molar refractivity (Wildman–Crippen MR) is 135 cm³/mol. The van der Waals surface area contributed by atoms with Gasteiger partial charge in [-0.05, 0) is 72.9 Å². The van der Waals surface area contributed by atoms with Crippen LogP contribution < -0.4 is 5.32 Å². The Bertz CT molecular complexity index is 1010. The lowest BCUT2D eigenvalue weighted by Gasteiger charge is -2.22. The van der Waals surface area contributed by atoms with Crippen LogP contribution in [-0.4, -0.2) is 54.3 Å². The number of anilines is 1. The molecule has 2 amide bonds. The summed E-state index contributed by atoms with van der Waals surface area (Å²) >= 11 is 10.1. The molecule has 0 bridgehead atoms. The van der Waals surface area contributed by atoms with E-state index in [1.54, 1.807) is 17.4 Å². The van der Waals surface area contributed by atoms with E-state index in [0.717, 1.165) is 58.0 Å². The van der Waals surface area contributed by atoms with Crippen LogP contribution in [0, 0.1) is 36.2 Å². The molecule has 8 heteroatoms. The van der Waals surface area contributed by atoms with Crippen molar-refractivity contribution in [2.24, 2.45) is 11.8 Å². The van der Waals surface area contributed by atoms with E-state index in [2.05, 4.69) is 39.7 Å². The lowest BCUT2D eigenvalue weighted by Crippen LogP contribution is -2.34. The molecule has 2 saturated heterocycles. The Kier molecular flexibility index (Phi) is 6.96. The molecule has 2 aliphatic rings. The van der Waals surface area contributed by atoms with E-state index >= 15 is 0 Å². The molecule has 0 spiro atoms. The summed E-state index contributed by atoms with van der Waals surface area (Å²) in [4.78, 5) is 32.2. The SMILES string of the molecule is Cc1ccc(NC(=O)CCN2CC3CN(C(=O)c4c(C)sc(C)c4I)CC3C2)cc1Cl. The highest BCUT2D eigenvalue weighted by Gasteiger charge is 2.42. The molecule has 31 heavy (non-hydrogen) atoms. The number of likely N-dealkylation sites (tertiary alicyclic amines) is 2. The summed E-state index contributed by atoms with van der Waals surface area (Å²) in [6.07, 6.45) is 0.457. The third-order valence-electron chi connectivity index (χ3n) is 6.36. The number of fused-ring (bicyclic) bond motifs is 1. The molecular formula is C23H27ClIN3O2S. The van der Waals surface area contributed by atoms with E-state index in [9.17, 15) is 9.59 Å². The van der Waals surface area contributed by atoms with Crippen molar-refractivity contribution in [3.63, 3.8) is 0 Å². The number of nitrogens with one attached hydrogen (secondary N) is 1.